The number of fused-ring (bicyclic) bond motifs is 3. The van der Waals surface area contributed by atoms with E-state index in [-0.39, 0.29) is 5.56 Å². The van der Waals surface area contributed by atoms with E-state index in [4.69, 9.17) is 0 Å². The Labute approximate surface area is 103 Å². The second-order valence-electron chi connectivity index (χ2n) is 5.20. The molecule has 3 nitrogen and oxygen atoms in total. The Morgan fingerprint density at radius 3 is 3.06 bits per heavy atom. The summed E-state index contributed by atoms with van der Waals surface area (Å²) in [5, 5.41) is 0.877. The highest BCUT2D eigenvalue weighted by Crippen LogP contribution is 2.35. The first-order valence-corrected chi connectivity index (χ1v) is 7.16. The van der Waals surface area contributed by atoms with Gasteiger partial charge < -0.3 is 4.98 Å². The number of rotatable bonds is 2. The van der Waals surface area contributed by atoms with E-state index in [9.17, 15) is 4.79 Å². The highest BCUT2D eigenvalue weighted by atomic mass is 32.1. The average Bonchev–Trinajstić information content (AvgIpc) is 2.85. The van der Waals surface area contributed by atoms with Gasteiger partial charge in [-0.05, 0) is 43.6 Å². The van der Waals surface area contributed by atoms with Crippen LogP contribution in [0.1, 0.15) is 35.5 Å². The quantitative estimate of drug-likeness (QED) is 0.884. The molecular weight excluding hydrogens is 232 g/mol. The van der Waals surface area contributed by atoms with E-state index in [1.54, 1.807) is 11.3 Å². The van der Waals surface area contributed by atoms with Gasteiger partial charge >= 0.3 is 0 Å². The van der Waals surface area contributed by atoms with Crippen molar-refractivity contribution in [3.63, 3.8) is 0 Å². The zero-order valence-corrected chi connectivity index (χ0v) is 10.4. The second-order valence-corrected chi connectivity index (χ2v) is 6.28. The van der Waals surface area contributed by atoms with Crippen molar-refractivity contribution in [1.82, 2.24) is 9.97 Å². The normalized spacial score (nSPS) is 18.8. The lowest BCUT2D eigenvalue weighted by atomic mass is 10.2. The average molecular weight is 246 g/mol. The summed E-state index contributed by atoms with van der Waals surface area (Å²) >= 11 is 1.73. The summed E-state index contributed by atoms with van der Waals surface area (Å²) in [7, 11) is 0. The van der Waals surface area contributed by atoms with Crippen molar-refractivity contribution in [2.75, 3.05) is 0 Å². The SMILES string of the molecule is O=c1[nH]c(CC2CC2)nc2sc3c(c12)CCC3. The molecule has 2 heterocycles. The first kappa shape index (κ1) is 9.83. The number of hydrogen-bond donors (Lipinski definition) is 1. The maximum absolute atomic E-state index is 12.1. The minimum atomic E-state index is 0.0880. The van der Waals surface area contributed by atoms with Gasteiger partial charge in [-0.3, -0.25) is 4.79 Å². The van der Waals surface area contributed by atoms with Gasteiger partial charge in [0, 0.05) is 11.3 Å². The van der Waals surface area contributed by atoms with Crippen LogP contribution in [0.5, 0.6) is 0 Å². The van der Waals surface area contributed by atoms with Crippen LogP contribution >= 0.6 is 11.3 Å². The molecule has 2 aromatic rings. The molecule has 0 atom stereocenters. The molecule has 1 fully saturated rings. The first-order valence-electron chi connectivity index (χ1n) is 6.34. The van der Waals surface area contributed by atoms with E-state index in [1.807, 2.05) is 0 Å². The van der Waals surface area contributed by atoms with Gasteiger partial charge in [-0.2, -0.15) is 0 Å². The Morgan fingerprint density at radius 2 is 2.24 bits per heavy atom. The Balaban J connectivity index is 1.90. The van der Waals surface area contributed by atoms with Crippen molar-refractivity contribution in [3.05, 3.63) is 26.6 Å². The number of H-pyrrole nitrogens is 1. The lowest BCUT2D eigenvalue weighted by Gasteiger charge is -1.99. The molecule has 0 spiro atoms. The van der Waals surface area contributed by atoms with Crippen LogP contribution in [0, 0.1) is 5.92 Å². The number of nitrogens with zero attached hydrogens (tertiary/aromatic N) is 1. The number of thiophene rings is 1. The summed E-state index contributed by atoms with van der Waals surface area (Å²) in [6.07, 6.45) is 6.93. The fourth-order valence-electron chi connectivity index (χ4n) is 2.74. The lowest BCUT2D eigenvalue weighted by molar-refractivity contribution is 0.772. The van der Waals surface area contributed by atoms with Crippen molar-refractivity contribution in [2.45, 2.75) is 38.5 Å². The number of aromatic amines is 1. The predicted octanol–water partition coefficient (Wildman–Crippen LogP) is 2.43. The number of aryl methyl sites for hydroxylation is 2. The summed E-state index contributed by atoms with van der Waals surface area (Å²) in [6, 6.07) is 0. The topological polar surface area (TPSA) is 45.8 Å². The third-order valence-electron chi connectivity index (χ3n) is 3.80. The maximum atomic E-state index is 12.1. The highest BCUT2D eigenvalue weighted by molar-refractivity contribution is 7.18. The van der Waals surface area contributed by atoms with Gasteiger partial charge in [-0.15, -0.1) is 11.3 Å². The summed E-state index contributed by atoms with van der Waals surface area (Å²) < 4.78 is 0. The molecule has 0 aromatic carbocycles. The molecule has 2 aliphatic carbocycles. The van der Waals surface area contributed by atoms with Crippen LogP contribution in [0.25, 0.3) is 10.2 Å². The molecule has 0 unspecified atom stereocenters. The van der Waals surface area contributed by atoms with Crippen molar-refractivity contribution in [2.24, 2.45) is 5.92 Å². The van der Waals surface area contributed by atoms with Crippen LogP contribution in [0.3, 0.4) is 0 Å². The molecule has 17 heavy (non-hydrogen) atoms. The van der Waals surface area contributed by atoms with E-state index in [1.165, 1.54) is 29.7 Å². The lowest BCUT2D eigenvalue weighted by Crippen LogP contribution is -2.12. The molecule has 2 aromatic heterocycles. The molecule has 0 radical (unpaired) electrons. The molecule has 1 saturated carbocycles. The maximum Gasteiger partial charge on any atom is 0.259 e. The number of nitrogens with one attached hydrogen (secondary N) is 1. The third-order valence-corrected chi connectivity index (χ3v) is 4.99. The molecule has 0 amide bonds. The molecule has 1 N–H and O–H groups in total. The van der Waals surface area contributed by atoms with Crippen molar-refractivity contribution in [1.29, 1.82) is 0 Å². The molecule has 0 bridgehead atoms. The van der Waals surface area contributed by atoms with Gasteiger partial charge in [-0.1, -0.05) is 0 Å². The Kier molecular flexibility index (Phi) is 1.98. The zero-order valence-electron chi connectivity index (χ0n) is 9.58. The van der Waals surface area contributed by atoms with E-state index in [0.29, 0.717) is 0 Å². The van der Waals surface area contributed by atoms with Crippen molar-refractivity contribution >= 4 is 21.6 Å². The molecule has 2 aliphatic rings. The zero-order chi connectivity index (χ0) is 11.4. The molecule has 4 rings (SSSR count). The first-order chi connectivity index (χ1) is 8.31. The van der Waals surface area contributed by atoms with E-state index in [2.05, 4.69) is 9.97 Å². The Bertz CT molecular complexity index is 651. The molecular formula is C13H14N2OS. The monoisotopic (exact) mass is 246 g/mol. The van der Waals surface area contributed by atoms with Crippen molar-refractivity contribution < 1.29 is 0 Å². The third kappa shape index (κ3) is 1.54. The molecule has 88 valence electrons. The van der Waals surface area contributed by atoms with Crippen LogP contribution in [-0.4, -0.2) is 9.97 Å². The van der Waals surface area contributed by atoms with Gasteiger partial charge in [0.15, 0.2) is 0 Å². The largest absolute Gasteiger partial charge is 0.310 e. The minimum absolute atomic E-state index is 0.0880. The van der Waals surface area contributed by atoms with Gasteiger partial charge in [0.2, 0.25) is 0 Å². The van der Waals surface area contributed by atoms with E-state index in [0.717, 1.165) is 41.2 Å². The van der Waals surface area contributed by atoms with Crippen molar-refractivity contribution in [3.8, 4) is 0 Å². The summed E-state index contributed by atoms with van der Waals surface area (Å²) in [5.74, 6) is 1.66. The smallest absolute Gasteiger partial charge is 0.259 e. The van der Waals surface area contributed by atoms with E-state index >= 15 is 0 Å². The standard InChI is InChI=1S/C13H14N2OS/c16-12-11-8-2-1-3-9(8)17-13(11)15-10(14-12)6-7-4-5-7/h7H,1-6H2,(H,14,15,16). The van der Waals surface area contributed by atoms with Crippen LogP contribution in [0.2, 0.25) is 0 Å². The van der Waals surface area contributed by atoms with Crippen LogP contribution in [0.4, 0.5) is 0 Å². The van der Waals surface area contributed by atoms with Gasteiger partial charge in [-0.25, -0.2) is 4.98 Å². The fraction of sp³-hybridized carbons (Fsp3) is 0.538. The molecule has 0 aliphatic heterocycles. The summed E-state index contributed by atoms with van der Waals surface area (Å²) in [4.78, 5) is 22.1. The number of aromatic nitrogens is 2. The van der Waals surface area contributed by atoms with Gasteiger partial charge in [0.05, 0.1) is 5.39 Å². The van der Waals surface area contributed by atoms with Gasteiger partial charge in [0.1, 0.15) is 10.7 Å². The predicted molar refractivity (Wildman–Crippen MR) is 68.7 cm³/mol. The second kappa shape index (κ2) is 3.42. The minimum Gasteiger partial charge on any atom is -0.310 e. The van der Waals surface area contributed by atoms with Crippen LogP contribution in [-0.2, 0) is 19.3 Å². The summed E-state index contributed by atoms with van der Waals surface area (Å²) in [5.41, 5.74) is 1.36. The molecule has 0 saturated heterocycles. The highest BCUT2D eigenvalue weighted by Gasteiger charge is 2.25. The summed E-state index contributed by atoms with van der Waals surface area (Å²) in [6.45, 7) is 0. The Morgan fingerprint density at radius 1 is 1.35 bits per heavy atom. The van der Waals surface area contributed by atoms with E-state index < -0.39 is 0 Å². The Hall–Kier alpha value is -1.16. The molecule has 4 heteroatoms. The number of hydrogen-bond acceptors (Lipinski definition) is 3. The van der Waals surface area contributed by atoms with Crippen LogP contribution in [0.15, 0.2) is 4.79 Å². The fourth-order valence-corrected chi connectivity index (χ4v) is 4.02. The van der Waals surface area contributed by atoms with Gasteiger partial charge in [0.25, 0.3) is 5.56 Å². The van der Waals surface area contributed by atoms with Crippen LogP contribution < -0.4 is 5.56 Å².